The van der Waals surface area contributed by atoms with Crippen molar-refractivity contribution in [1.82, 2.24) is 0 Å². The number of carbonyl (C=O) groups excluding carboxylic acids is 2. The van der Waals surface area contributed by atoms with E-state index in [0.717, 1.165) is 5.56 Å². The van der Waals surface area contributed by atoms with E-state index in [0.29, 0.717) is 0 Å². The summed E-state index contributed by atoms with van der Waals surface area (Å²) >= 11 is 0. The molecule has 0 spiro atoms. The van der Waals surface area contributed by atoms with Crippen molar-refractivity contribution in [3.8, 4) is 0 Å². The third-order valence-electron chi connectivity index (χ3n) is 3.09. The van der Waals surface area contributed by atoms with Gasteiger partial charge >= 0.3 is 5.97 Å². The molecule has 0 aromatic heterocycles. The number of allylic oxidation sites excluding steroid dienone is 1. The molecule has 0 saturated carbocycles. The average Bonchev–Trinajstić information content (AvgIpc) is 2.68. The lowest BCUT2D eigenvalue weighted by Gasteiger charge is -2.16. The van der Waals surface area contributed by atoms with Crippen LogP contribution in [0.4, 0.5) is 0 Å². The summed E-state index contributed by atoms with van der Waals surface area (Å²) < 4.78 is 10.5. The molecule has 1 aromatic rings. The van der Waals surface area contributed by atoms with Crippen LogP contribution in [-0.4, -0.2) is 24.0 Å². The highest BCUT2D eigenvalue weighted by Crippen LogP contribution is 2.32. The summed E-state index contributed by atoms with van der Waals surface area (Å²) in [6.07, 6.45) is 3.43. The standard InChI is InChI=1S/C17H18O4/c1-4-20-16(19)14-13(21-17(2,3)15(14)18)11-10-12-8-6-5-7-9-12/h5-11H,4H2,1-3H3. The molecule has 0 amide bonds. The van der Waals surface area contributed by atoms with Crippen molar-refractivity contribution >= 4 is 17.8 Å². The molecule has 0 N–H and O–H groups in total. The first-order chi connectivity index (χ1) is 9.95. The number of carbonyl (C=O) groups is 2. The maximum atomic E-state index is 12.2. The van der Waals surface area contributed by atoms with Crippen molar-refractivity contribution in [3.05, 3.63) is 53.3 Å². The third kappa shape index (κ3) is 3.21. The smallest absolute Gasteiger partial charge is 0.345 e. The van der Waals surface area contributed by atoms with E-state index in [9.17, 15) is 9.59 Å². The Morgan fingerprint density at radius 2 is 1.90 bits per heavy atom. The molecule has 0 radical (unpaired) electrons. The Balaban J connectivity index is 2.34. The van der Waals surface area contributed by atoms with E-state index in [4.69, 9.17) is 9.47 Å². The average molecular weight is 286 g/mol. The summed E-state index contributed by atoms with van der Waals surface area (Å²) in [6, 6.07) is 9.57. The Morgan fingerprint density at radius 3 is 2.52 bits per heavy atom. The van der Waals surface area contributed by atoms with Crippen LogP contribution in [0.2, 0.25) is 0 Å². The Morgan fingerprint density at radius 1 is 1.24 bits per heavy atom. The van der Waals surface area contributed by atoms with Crippen LogP contribution in [0.25, 0.3) is 6.08 Å². The largest absolute Gasteiger partial charge is 0.479 e. The van der Waals surface area contributed by atoms with Crippen molar-refractivity contribution in [2.45, 2.75) is 26.4 Å². The molecule has 2 rings (SSSR count). The highest BCUT2D eigenvalue weighted by molar-refractivity contribution is 6.22. The Bertz CT molecular complexity index is 609. The molecule has 0 fully saturated rings. The van der Waals surface area contributed by atoms with Crippen molar-refractivity contribution in [2.75, 3.05) is 6.61 Å². The molecule has 0 bridgehead atoms. The minimum atomic E-state index is -1.04. The number of rotatable bonds is 4. The summed E-state index contributed by atoms with van der Waals surface area (Å²) in [5, 5.41) is 0. The van der Waals surface area contributed by atoms with Crippen molar-refractivity contribution in [3.63, 3.8) is 0 Å². The van der Waals surface area contributed by atoms with Gasteiger partial charge in [-0.1, -0.05) is 36.4 Å². The minimum absolute atomic E-state index is 0.0194. The van der Waals surface area contributed by atoms with Crippen molar-refractivity contribution < 1.29 is 19.1 Å². The number of benzene rings is 1. The fourth-order valence-electron chi connectivity index (χ4n) is 2.04. The second-order valence-corrected chi connectivity index (χ2v) is 5.15. The second kappa shape index (κ2) is 5.95. The zero-order chi connectivity index (χ0) is 15.5. The highest BCUT2D eigenvalue weighted by Gasteiger charge is 2.44. The SMILES string of the molecule is CCOC(=O)C1=C(C=Cc2ccccc2)OC(C)(C)C1=O. The zero-order valence-electron chi connectivity index (χ0n) is 12.4. The molecule has 0 atom stereocenters. The van der Waals surface area contributed by atoms with Crippen LogP contribution in [0.15, 0.2) is 47.7 Å². The maximum Gasteiger partial charge on any atom is 0.345 e. The number of esters is 1. The third-order valence-corrected chi connectivity index (χ3v) is 3.09. The number of ketones is 1. The predicted octanol–water partition coefficient (Wildman–Crippen LogP) is 2.89. The first-order valence-electron chi connectivity index (χ1n) is 6.84. The van der Waals surface area contributed by atoms with E-state index in [-0.39, 0.29) is 23.7 Å². The van der Waals surface area contributed by atoms with Gasteiger partial charge in [-0.05, 0) is 32.4 Å². The van der Waals surface area contributed by atoms with Crippen LogP contribution < -0.4 is 0 Å². The summed E-state index contributed by atoms with van der Waals surface area (Å²) in [5.74, 6) is -0.734. The van der Waals surface area contributed by atoms with Crippen LogP contribution in [0.5, 0.6) is 0 Å². The first kappa shape index (κ1) is 15.0. The quantitative estimate of drug-likeness (QED) is 0.631. The Kier molecular flexibility index (Phi) is 4.26. The molecule has 0 saturated heterocycles. The van der Waals surface area contributed by atoms with Crippen LogP contribution in [0.1, 0.15) is 26.3 Å². The molecule has 0 unspecified atom stereocenters. The number of hydrogen-bond acceptors (Lipinski definition) is 4. The molecule has 4 heteroatoms. The van der Waals surface area contributed by atoms with E-state index in [1.807, 2.05) is 30.3 Å². The fourth-order valence-corrected chi connectivity index (χ4v) is 2.04. The highest BCUT2D eigenvalue weighted by atomic mass is 16.5. The zero-order valence-corrected chi connectivity index (χ0v) is 12.4. The van der Waals surface area contributed by atoms with Gasteiger partial charge in [0, 0.05) is 0 Å². The molecular formula is C17H18O4. The second-order valence-electron chi connectivity index (χ2n) is 5.15. The molecular weight excluding hydrogens is 268 g/mol. The molecule has 1 aromatic carbocycles. The summed E-state index contributed by atoms with van der Waals surface area (Å²) in [5.41, 5.74) is -0.110. The molecule has 1 aliphatic heterocycles. The van der Waals surface area contributed by atoms with E-state index in [1.165, 1.54) is 0 Å². The molecule has 1 heterocycles. The number of ether oxygens (including phenoxy) is 2. The molecule has 4 nitrogen and oxygen atoms in total. The predicted molar refractivity (Wildman–Crippen MR) is 79.3 cm³/mol. The normalized spacial score (nSPS) is 17.2. The Hall–Kier alpha value is -2.36. The lowest BCUT2D eigenvalue weighted by molar-refractivity contribution is -0.140. The van der Waals surface area contributed by atoms with Crippen LogP contribution in [0, 0.1) is 0 Å². The van der Waals surface area contributed by atoms with Crippen LogP contribution >= 0.6 is 0 Å². The van der Waals surface area contributed by atoms with Crippen molar-refractivity contribution in [1.29, 1.82) is 0 Å². The molecule has 0 aliphatic carbocycles. The van der Waals surface area contributed by atoms with Gasteiger partial charge in [-0.2, -0.15) is 0 Å². The van der Waals surface area contributed by atoms with Gasteiger partial charge in [0.1, 0.15) is 11.3 Å². The molecule has 21 heavy (non-hydrogen) atoms. The van der Waals surface area contributed by atoms with Gasteiger partial charge in [-0.15, -0.1) is 0 Å². The van der Waals surface area contributed by atoms with Gasteiger partial charge in [0.05, 0.1) is 6.61 Å². The number of Topliss-reactive ketones (excluding diaryl/α,β-unsaturated/α-hetero) is 1. The fraction of sp³-hybridized carbons (Fsp3) is 0.294. The van der Waals surface area contributed by atoms with Crippen LogP contribution in [0.3, 0.4) is 0 Å². The van der Waals surface area contributed by atoms with E-state index < -0.39 is 11.6 Å². The Labute approximate surface area is 124 Å². The van der Waals surface area contributed by atoms with Gasteiger partial charge in [0.2, 0.25) is 5.78 Å². The summed E-state index contributed by atoms with van der Waals surface area (Å²) in [4.78, 5) is 24.2. The lowest BCUT2D eigenvalue weighted by Crippen LogP contribution is -2.31. The minimum Gasteiger partial charge on any atom is -0.479 e. The van der Waals surface area contributed by atoms with Crippen molar-refractivity contribution in [2.24, 2.45) is 0 Å². The van der Waals surface area contributed by atoms with Gasteiger partial charge in [0.25, 0.3) is 0 Å². The summed E-state index contributed by atoms with van der Waals surface area (Å²) in [7, 11) is 0. The first-order valence-corrected chi connectivity index (χ1v) is 6.84. The van der Waals surface area contributed by atoms with E-state index >= 15 is 0 Å². The van der Waals surface area contributed by atoms with Gasteiger partial charge < -0.3 is 9.47 Å². The van der Waals surface area contributed by atoms with Gasteiger partial charge in [-0.3, -0.25) is 4.79 Å². The molecule has 1 aliphatic rings. The number of hydrogen-bond donors (Lipinski definition) is 0. The lowest BCUT2D eigenvalue weighted by atomic mass is 9.99. The van der Waals surface area contributed by atoms with E-state index in [1.54, 1.807) is 32.9 Å². The van der Waals surface area contributed by atoms with Gasteiger partial charge in [0.15, 0.2) is 5.60 Å². The molecule has 110 valence electrons. The van der Waals surface area contributed by atoms with Gasteiger partial charge in [-0.25, -0.2) is 4.79 Å². The maximum absolute atomic E-state index is 12.2. The summed E-state index contributed by atoms with van der Waals surface area (Å²) in [6.45, 7) is 5.19. The monoisotopic (exact) mass is 286 g/mol. The van der Waals surface area contributed by atoms with Crippen LogP contribution in [-0.2, 0) is 19.1 Å². The van der Waals surface area contributed by atoms with E-state index in [2.05, 4.69) is 0 Å². The topological polar surface area (TPSA) is 52.6 Å².